The van der Waals surface area contributed by atoms with Crippen molar-refractivity contribution in [2.75, 3.05) is 19.6 Å². The van der Waals surface area contributed by atoms with Gasteiger partial charge in [-0.1, -0.05) is 0 Å². The number of piperidine rings is 2. The summed E-state index contributed by atoms with van der Waals surface area (Å²) >= 11 is 3.71. The second kappa shape index (κ2) is 5.79. The Morgan fingerprint density at radius 1 is 1.40 bits per heavy atom. The van der Waals surface area contributed by atoms with Gasteiger partial charge in [0.2, 0.25) is 5.91 Å². The van der Waals surface area contributed by atoms with Gasteiger partial charge >= 0.3 is 6.03 Å². The summed E-state index contributed by atoms with van der Waals surface area (Å²) in [6.45, 7) is 2.36. The van der Waals surface area contributed by atoms with E-state index in [9.17, 15) is 9.59 Å². The quantitative estimate of drug-likeness (QED) is 0.503. The molecule has 20 heavy (non-hydrogen) atoms. The molecule has 0 saturated carbocycles. The van der Waals surface area contributed by atoms with Gasteiger partial charge in [-0.2, -0.15) is 5.06 Å². The third-order valence-corrected chi connectivity index (χ3v) is 4.53. The molecular formula is C12H20N4O3S. The maximum Gasteiger partial charge on any atom is 0.345 e. The van der Waals surface area contributed by atoms with E-state index in [1.165, 1.54) is 5.06 Å². The van der Waals surface area contributed by atoms with Crippen molar-refractivity contribution in [3.05, 3.63) is 0 Å². The first-order valence-electron chi connectivity index (χ1n) is 7.13. The van der Waals surface area contributed by atoms with Crippen LogP contribution in [0, 0.1) is 0 Å². The zero-order chi connectivity index (χ0) is 14.1. The minimum atomic E-state index is -0.380. The molecule has 0 aromatic rings. The van der Waals surface area contributed by atoms with Crippen LogP contribution in [0.15, 0.2) is 0 Å². The number of hydrogen-bond acceptors (Lipinski definition) is 5. The number of fused-ring (bicyclic) bond motifs is 2. The Kier molecular flexibility index (Phi) is 4.04. The van der Waals surface area contributed by atoms with Crippen LogP contribution in [-0.4, -0.2) is 59.7 Å². The Hall–Kier alpha value is -0.990. The molecule has 112 valence electrons. The zero-order valence-corrected chi connectivity index (χ0v) is 12.1. The van der Waals surface area contributed by atoms with Crippen molar-refractivity contribution in [3.8, 4) is 0 Å². The average Bonchev–Trinajstić information content (AvgIpc) is 2.71. The number of nitrogens with one attached hydrogen (secondary N) is 2. The lowest BCUT2D eigenvalue weighted by Crippen LogP contribution is -2.54. The van der Waals surface area contributed by atoms with Gasteiger partial charge in [0.1, 0.15) is 6.04 Å². The van der Waals surface area contributed by atoms with Gasteiger partial charge in [0.15, 0.2) is 0 Å². The van der Waals surface area contributed by atoms with Crippen molar-refractivity contribution in [3.63, 3.8) is 0 Å². The largest absolute Gasteiger partial charge is 0.350 e. The lowest BCUT2D eigenvalue weighted by Gasteiger charge is -2.32. The summed E-state index contributed by atoms with van der Waals surface area (Å²) in [6.07, 6.45) is 3.51. The number of nitrogens with zero attached hydrogens (tertiary/aromatic N) is 2. The van der Waals surface area contributed by atoms with E-state index in [0.29, 0.717) is 13.0 Å². The summed E-state index contributed by atoms with van der Waals surface area (Å²) in [5, 5.41) is 7.58. The molecule has 0 spiro atoms. The minimum absolute atomic E-state index is 0.0143. The number of hydroxylamine groups is 2. The summed E-state index contributed by atoms with van der Waals surface area (Å²) in [5.74, 6) is -0.0495. The number of carbonyl (C=O) groups is 2. The Labute approximate surface area is 123 Å². The molecule has 2 bridgehead atoms. The lowest BCUT2D eigenvalue weighted by molar-refractivity contribution is -0.126. The van der Waals surface area contributed by atoms with E-state index in [0.717, 1.165) is 32.4 Å². The Bertz CT molecular complexity index is 402. The van der Waals surface area contributed by atoms with E-state index in [2.05, 4.69) is 23.5 Å². The van der Waals surface area contributed by atoms with Crippen LogP contribution < -0.4 is 10.6 Å². The molecule has 3 aliphatic rings. The summed E-state index contributed by atoms with van der Waals surface area (Å²) in [7, 11) is 0. The van der Waals surface area contributed by atoms with Crippen molar-refractivity contribution in [1.82, 2.24) is 20.6 Å². The van der Waals surface area contributed by atoms with Gasteiger partial charge in [-0.15, -0.1) is 0 Å². The molecular weight excluding hydrogens is 280 g/mol. The van der Waals surface area contributed by atoms with Crippen molar-refractivity contribution in [2.24, 2.45) is 0 Å². The number of thiol groups is 1. The number of carbonyl (C=O) groups excluding carboxylic acids is 2. The molecule has 0 aromatic carbocycles. The second-order valence-electron chi connectivity index (χ2n) is 5.64. The fourth-order valence-corrected chi connectivity index (χ4v) is 3.49. The molecule has 3 amide bonds. The van der Waals surface area contributed by atoms with E-state index >= 15 is 0 Å². The third-order valence-electron chi connectivity index (χ3n) is 4.36. The van der Waals surface area contributed by atoms with Crippen LogP contribution in [0.1, 0.15) is 25.7 Å². The van der Waals surface area contributed by atoms with Crippen LogP contribution in [0.3, 0.4) is 0 Å². The molecule has 2 N–H and O–H groups in total. The predicted molar refractivity (Wildman–Crippen MR) is 74.9 cm³/mol. The predicted octanol–water partition coefficient (Wildman–Crippen LogP) is -0.100. The summed E-state index contributed by atoms with van der Waals surface area (Å²) in [6, 6.07) is -0.456. The van der Waals surface area contributed by atoms with Gasteiger partial charge in [0.05, 0.1) is 6.04 Å². The highest BCUT2D eigenvalue weighted by Crippen LogP contribution is 2.30. The van der Waals surface area contributed by atoms with Crippen LogP contribution in [0.25, 0.3) is 0 Å². The maximum absolute atomic E-state index is 12.4. The molecule has 0 aromatic heterocycles. The van der Waals surface area contributed by atoms with Gasteiger partial charge in [0, 0.05) is 32.0 Å². The molecule has 1 unspecified atom stereocenters. The number of urea groups is 1. The topological polar surface area (TPSA) is 73.9 Å². The highest BCUT2D eigenvalue weighted by molar-refractivity contribution is 7.75. The first-order chi connectivity index (χ1) is 9.70. The van der Waals surface area contributed by atoms with E-state index in [1.807, 2.05) is 0 Å². The minimum Gasteiger partial charge on any atom is -0.350 e. The zero-order valence-electron chi connectivity index (χ0n) is 11.2. The fraction of sp³-hybridized carbons (Fsp3) is 0.833. The van der Waals surface area contributed by atoms with Crippen LogP contribution in [0.5, 0.6) is 0 Å². The molecule has 3 aliphatic heterocycles. The molecule has 0 aliphatic carbocycles. The Balaban J connectivity index is 1.62. The molecule has 3 atom stereocenters. The monoisotopic (exact) mass is 300 g/mol. The molecule has 3 fully saturated rings. The summed E-state index contributed by atoms with van der Waals surface area (Å²) in [4.78, 5) is 26.1. The van der Waals surface area contributed by atoms with Crippen molar-refractivity contribution >= 4 is 24.8 Å². The van der Waals surface area contributed by atoms with E-state index in [-0.39, 0.29) is 30.1 Å². The highest BCUT2D eigenvalue weighted by atomic mass is 32.1. The van der Waals surface area contributed by atoms with Gasteiger partial charge in [-0.05, 0) is 32.2 Å². The summed E-state index contributed by atoms with van der Waals surface area (Å²) in [5.41, 5.74) is 0. The number of rotatable bonds is 3. The van der Waals surface area contributed by atoms with Crippen LogP contribution in [0.2, 0.25) is 0 Å². The number of amides is 3. The van der Waals surface area contributed by atoms with E-state index in [1.54, 1.807) is 4.90 Å². The normalized spacial score (nSPS) is 33.5. The molecule has 7 nitrogen and oxygen atoms in total. The van der Waals surface area contributed by atoms with Gasteiger partial charge in [0.25, 0.3) is 0 Å². The van der Waals surface area contributed by atoms with E-state index < -0.39 is 0 Å². The second-order valence-corrected chi connectivity index (χ2v) is 5.80. The van der Waals surface area contributed by atoms with E-state index in [4.69, 9.17) is 4.28 Å². The Morgan fingerprint density at radius 3 is 2.95 bits per heavy atom. The third kappa shape index (κ3) is 2.47. The molecule has 8 heteroatoms. The highest BCUT2D eigenvalue weighted by Gasteiger charge is 2.48. The van der Waals surface area contributed by atoms with Crippen molar-refractivity contribution in [2.45, 2.75) is 43.8 Å². The number of hydrogen-bond donors (Lipinski definition) is 3. The first-order valence-corrected chi connectivity index (χ1v) is 7.49. The lowest BCUT2D eigenvalue weighted by atomic mass is 9.99. The fourth-order valence-electron chi connectivity index (χ4n) is 3.28. The molecule has 3 rings (SSSR count). The van der Waals surface area contributed by atoms with Gasteiger partial charge in [-0.25, -0.2) is 9.08 Å². The van der Waals surface area contributed by atoms with Crippen molar-refractivity contribution in [1.29, 1.82) is 0 Å². The average molecular weight is 300 g/mol. The first kappa shape index (κ1) is 14.0. The summed E-state index contributed by atoms with van der Waals surface area (Å²) < 4.78 is 4.81. The van der Waals surface area contributed by atoms with Gasteiger partial charge in [-0.3, -0.25) is 4.79 Å². The molecule has 3 saturated heterocycles. The Morgan fingerprint density at radius 2 is 2.25 bits per heavy atom. The van der Waals surface area contributed by atoms with Crippen LogP contribution >= 0.6 is 12.9 Å². The smallest absolute Gasteiger partial charge is 0.345 e. The maximum atomic E-state index is 12.4. The molecule has 3 heterocycles. The van der Waals surface area contributed by atoms with Gasteiger partial charge < -0.3 is 15.5 Å². The standard InChI is InChI=1S/C12H20N4O3S/c17-11(14-8-2-1-5-13-6-8)10-4-3-9-7-15(10)12(18)16(9)19-20/h8-10,13,20H,1-7H2,(H,14,17)/t8?,9-,10+/m1/s1. The van der Waals surface area contributed by atoms with Crippen molar-refractivity contribution < 1.29 is 13.9 Å². The van der Waals surface area contributed by atoms with Crippen LogP contribution in [-0.2, 0) is 9.08 Å². The SMILES string of the molecule is O=C(NC1CCCNC1)[C@@H]1CC[C@@H]2CN1C(=O)N2OS. The van der Waals surface area contributed by atoms with Crippen LogP contribution in [0.4, 0.5) is 4.79 Å². The molecule has 0 radical (unpaired) electrons.